The summed E-state index contributed by atoms with van der Waals surface area (Å²) in [7, 11) is 0. The third-order valence-corrected chi connectivity index (χ3v) is 2.39. The third-order valence-electron chi connectivity index (χ3n) is 2.39. The van der Waals surface area contributed by atoms with Gasteiger partial charge in [0.25, 0.3) is 0 Å². The van der Waals surface area contributed by atoms with Crippen molar-refractivity contribution < 1.29 is 9.47 Å². The molecule has 2 N–H and O–H groups in total. The maximum Gasteiger partial charge on any atom is 0.0720 e. The van der Waals surface area contributed by atoms with Crippen LogP contribution in [0.1, 0.15) is 16.7 Å². The zero-order valence-corrected chi connectivity index (χ0v) is 10.2. The van der Waals surface area contributed by atoms with Gasteiger partial charge in [0.05, 0.1) is 26.4 Å². The fourth-order valence-corrected chi connectivity index (χ4v) is 1.49. The summed E-state index contributed by atoms with van der Waals surface area (Å²) >= 11 is 0. The molecule has 0 heterocycles. The summed E-state index contributed by atoms with van der Waals surface area (Å²) in [5.74, 6) is 0. The Morgan fingerprint density at radius 1 is 1.06 bits per heavy atom. The van der Waals surface area contributed by atoms with Crippen LogP contribution in [-0.2, 0) is 16.1 Å². The molecule has 0 aromatic heterocycles. The van der Waals surface area contributed by atoms with Crippen molar-refractivity contribution in [2.24, 2.45) is 5.73 Å². The number of hydrogen-bond acceptors (Lipinski definition) is 3. The molecule has 0 spiro atoms. The lowest BCUT2D eigenvalue weighted by Crippen LogP contribution is -2.12. The van der Waals surface area contributed by atoms with E-state index in [2.05, 4.69) is 32.0 Å². The van der Waals surface area contributed by atoms with Crippen molar-refractivity contribution in [2.75, 3.05) is 26.4 Å². The average Bonchev–Trinajstić information content (AvgIpc) is 2.26. The van der Waals surface area contributed by atoms with Crippen LogP contribution < -0.4 is 5.73 Å². The molecule has 90 valence electrons. The van der Waals surface area contributed by atoms with E-state index >= 15 is 0 Å². The summed E-state index contributed by atoms with van der Waals surface area (Å²) in [6.07, 6.45) is 0. The Hall–Kier alpha value is -0.900. The number of benzene rings is 1. The largest absolute Gasteiger partial charge is 0.378 e. The van der Waals surface area contributed by atoms with Gasteiger partial charge in [-0.15, -0.1) is 0 Å². The smallest absolute Gasteiger partial charge is 0.0720 e. The molecule has 0 aliphatic carbocycles. The second-order valence-corrected chi connectivity index (χ2v) is 3.88. The van der Waals surface area contributed by atoms with Crippen LogP contribution in [0.2, 0.25) is 0 Å². The Morgan fingerprint density at radius 2 is 1.81 bits per heavy atom. The highest BCUT2D eigenvalue weighted by Crippen LogP contribution is 2.11. The minimum absolute atomic E-state index is 0.567. The van der Waals surface area contributed by atoms with Gasteiger partial charge in [0.2, 0.25) is 0 Å². The van der Waals surface area contributed by atoms with E-state index in [4.69, 9.17) is 15.2 Å². The molecule has 0 aliphatic heterocycles. The lowest BCUT2D eigenvalue weighted by Gasteiger charge is -2.08. The van der Waals surface area contributed by atoms with Crippen molar-refractivity contribution >= 4 is 0 Å². The summed E-state index contributed by atoms with van der Waals surface area (Å²) < 4.78 is 10.7. The van der Waals surface area contributed by atoms with Crippen molar-refractivity contribution in [3.05, 3.63) is 34.9 Å². The molecular formula is C13H21NO2. The average molecular weight is 223 g/mol. The summed E-state index contributed by atoms with van der Waals surface area (Å²) in [4.78, 5) is 0. The zero-order chi connectivity index (χ0) is 11.8. The molecule has 3 heteroatoms. The summed E-state index contributed by atoms with van der Waals surface area (Å²) in [5, 5.41) is 0. The highest BCUT2D eigenvalue weighted by atomic mass is 16.5. The fraction of sp³-hybridized carbons (Fsp3) is 0.538. The Balaban J connectivity index is 2.21. The molecule has 1 aromatic rings. The van der Waals surface area contributed by atoms with E-state index < -0.39 is 0 Å². The van der Waals surface area contributed by atoms with Crippen molar-refractivity contribution in [3.63, 3.8) is 0 Å². The van der Waals surface area contributed by atoms with Gasteiger partial charge in [-0.05, 0) is 25.0 Å². The topological polar surface area (TPSA) is 44.5 Å². The molecule has 0 bridgehead atoms. The van der Waals surface area contributed by atoms with Crippen molar-refractivity contribution in [1.82, 2.24) is 0 Å². The minimum atomic E-state index is 0.567. The molecule has 3 nitrogen and oxygen atoms in total. The second-order valence-electron chi connectivity index (χ2n) is 3.88. The number of rotatable bonds is 7. The van der Waals surface area contributed by atoms with Crippen LogP contribution >= 0.6 is 0 Å². The number of hydrogen-bond donors (Lipinski definition) is 1. The van der Waals surface area contributed by atoms with Crippen molar-refractivity contribution in [3.8, 4) is 0 Å². The van der Waals surface area contributed by atoms with E-state index in [-0.39, 0.29) is 0 Å². The SMILES string of the molecule is Cc1ccc(COCCOCCN)c(C)c1. The molecule has 0 radical (unpaired) electrons. The van der Waals surface area contributed by atoms with Gasteiger partial charge in [0.1, 0.15) is 0 Å². The van der Waals surface area contributed by atoms with E-state index in [1.165, 1.54) is 16.7 Å². The van der Waals surface area contributed by atoms with Gasteiger partial charge >= 0.3 is 0 Å². The maximum atomic E-state index is 5.52. The molecule has 1 rings (SSSR count). The number of aryl methyl sites for hydroxylation is 2. The molecule has 0 unspecified atom stereocenters. The van der Waals surface area contributed by atoms with E-state index in [1.54, 1.807) is 0 Å². The first-order valence-corrected chi connectivity index (χ1v) is 5.65. The quantitative estimate of drug-likeness (QED) is 0.717. The molecule has 0 fully saturated rings. The van der Waals surface area contributed by atoms with Crippen LogP contribution in [0.4, 0.5) is 0 Å². The first kappa shape index (κ1) is 13.2. The van der Waals surface area contributed by atoms with Crippen LogP contribution in [0.15, 0.2) is 18.2 Å². The number of nitrogens with two attached hydrogens (primary N) is 1. The van der Waals surface area contributed by atoms with Gasteiger partial charge < -0.3 is 15.2 Å². The first-order valence-electron chi connectivity index (χ1n) is 5.65. The molecule has 0 amide bonds. The summed E-state index contributed by atoms with van der Waals surface area (Å²) in [5.41, 5.74) is 9.11. The third kappa shape index (κ3) is 4.75. The highest BCUT2D eigenvalue weighted by molar-refractivity contribution is 5.29. The van der Waals surface area contributed by atoms with Crippen molar-refractivity contribution in [1.29, 1.82) is 0 Å². The Labute approximate surface area is 97.6 Å². The highest BCUT2D eigenvalue weighted by Gasteiger charge is 1.98. The number of ether oxygens (including phenoxy) is 2. The van der Waals surface area contributed by atoms with Gasteiger partial charge in [0.15, 0.2) is 0 Å². The van der Waals surface area contributed by atoms with Crippen LogP contribution in [0, 0.1) is 13.8 Å². The van der Waals surface area contributed by atoms with E-state index in [1.807, 2.05) is 0 Å². The second kappa shape index (κ2) is 7.39. The molecule has 0 saturated heterocycles. The molecule has 0 aliphatic rings. The predicted molar refractivity (Wildman–Crippen MR) is 65.4 cm³/mol. The Morgan fingerprint density at radius 3 is 2.50 bits per heavy atom. The normalized spacial score (nSPS) is 10.7. The minimum Gasteiger partial charge on any atom is -0.378 e. The maximum absolute atomic E-state index is 5.52. The zero-order valence-electron chi connectivity index (χ0n) is 10.2. The van der Waals surface area contributed by atoms with Crippen LogP contribution in [0.25, 0.3) is 0 Å². The standard InChI is InChI=1S/C13H21NO2/c1-11-3-4-13(12(2)9-11)10-16-8-7-15-6-5-14/h3-4,9H,5-8,10,14H2,1-2H3. The van der Waals surface area contributed by atoms with Gasteiger partial charge in [-0.3, -0.25) is 0 Å². The van der Waals surface area contributed by atoms with Crippen molar-refractivity contribution in [2.45, 2.75) is 20.5 Å². The molecule has 16 heavy (non-hydrogen) atoms. The first-order chi connectivity index (χ1) is 7.74. The summed E-state index contributed by atoms with van der Waals surface area (Å²) in [6.45, 7) is 7.26. The van der Waals surface area contributed by atoms with Gasteiger partial charge in [-0.25, -0.2) is 0 Å². The van der Waals surface area contributed by atoms with Crippen LogP contribution in [0.3, 0.4) is 0 Å². The Bertz CT molecular complexity index is 313. The van der Waals surface area contributed by atoms with Gasteiger partial charge in [0, 0.05) is 6.54 Å². The molecule has 0 atom stereocenters. The van der Waals surface area contributed by atoms with Crippen LogP contribution in [-0.4, -0.2) is 26.4 Å². The molecule has 0 saturated carbocycles. The molecular weight excluding hydrogens is 202 g/mol. The van der Waals surface area contributed by atoms with Crippen LogP contribution in [0.5, 0.6) is 0 Å². The van der Waals surface area contributed by atoms with Gasteiger partial charge in [-0.1, -0.05) is 23.8 Å². The predicted octanol–water partition coefficient (Wildman–Crippen LogP) is 1.80. The van der Waals surface area contributed by atoms with Gasteiger partial charge in [-0.2, -0.15) is 0 Å². The van der Waals surface area contributed by atoms with E-state index in [0.717, 1.165) is 0 Å². The summed E-state index contributed by atoms with van der Waals surface area (Å²) in [6, 6.07) is 6.39. The Kier molecular flexibility index (Phi) is 6.08. The lowest BCUT2D eigenvalue weighted by atomic mass is 10.1. The molecule has 1 aromatic carbocycles. The lowest BCUT2D eigenvalue weighted by molar-refractivity contribution is 0.0432. The monoisotopic (exact) mass is 223 g/mol. The fourth-order valence-electron chi connectivity index (χ4n) is 1.49. The van der Waals surface area contributed by atoms with E-state index in [0.29, 0.717) is 33.0 Å². The van der Waals surface area contributed by atoms with E-state index in [9.17, 15) is 0 Å².